The molecule has 0 aliphatic heterocycles. The van der Waals surface area contributed by atoms with Crippen LogP contribution in [0.2, 0.25) is 5.15 Å². The van der Waals surface area contributed by atoms with Gasteiger partial charge in [-0.2, -0.15) is 0 Å². The largest absolute Gasteiger partial charge is 0.363 e. The van der Waals surface area contributed by atoms with Gasteiger partial charge in [-0.25, -0.2) is 4.98 Å². The molecule has 1 unspecified atom stereocenters. The summed E-state index contributed by atoms with van der Waals surface area (Å²) in [6.07, 6.45) is 2.28. The van der Waals surface area contributed by atoms with E-state index in [1.54, 1.807) is 6.07 Å². The van der Waals surface area contributed by atoms with E-state index in [0.29, 0.717) is 11.2 Å². The van der Waals surface area contributed by atoms with Gasteiger partial charge in [0, 0.05) is 0 Å². The molecule has 0 saturated carbocycles. The first-order valence-electron chi connectivity index (χ1n) is 7.05. The van der Waals surface area contributed by atoms with Crippen LogP contribution in [0.25, 0.3) is 0 Å². The molecule has 1 N–H and O–H groups in total. The molecule has 3 heteroatoms. The monoisotopic (exact) mass is 286 g/mol. The molecule has 1 aromatic heterocycles. The van der Waals surface area contributed by atoms with E-state index in [1.165, 1.54) is 17.5 Å². The molecule has 2 nitrogen and oxygen atoms in total. The van der Waals surface area contributed by atoms with Crippen LogP contribution in [0, 0.1) is 0 Å². The van der Waals surface area contributed by atoms with Crippen LogP contribution in [0.4, 0.5) is 5.82 Å². The first-order chi connectivity index (χ1) is 9.56. The Kier molecular flexibility index (Phi) is 3.43. The van der Waals surface area contributed by atoms with E-state index in [4.69, 9.17) is 11.6 Å². The zero-order chi connectivity index (χ0) is 14.2. The SMILES string of the molecule is CC1(C)CCC(Nc2cccc(Cl)n2)c2ccccc21. The lowest BCUT2D eigenvalue weighted by Crippen LogP contribution is -2.29. The van der Waals surface area contributed by atoms with Crippen molar-refractivity contribution in [3.63, 3.8) is 0 Å². The summed E-state index contributed by atoms with van der Waals surface area (Å²) < 4.78 is 0. The van der Waals surface area contributed by atoms with Crippen LogP contribution in [0.3, 0.4) is 0 Å². The number of anilines is 1. The summed E-state index contributed by atoms with van der Waals surface area (Å²) in [7, 11) is 0. The molecule has 3 rings (SSSR count). The predicted molar refractivity (Wildman–Crippen MR) is 84.3 cm³/mol. The Balaban J connectivity index is 1.92. The smallest absolute Gasteiger partial charge is 0.131 e. The quantitative estimate of drug-likeness (QED) is 0.789. The van der Waals surface area contributed by atoms with Crippen LogP contribution in [0.15, 0.2) is 42.5 Å². The highest BCUT2D eigenvalue weighted by Gasteiger charge is 2.32. The Morgan fingerprint density at radius 2 is 1.95 bits per heavy atom. The first-order valence-corrected chi connectivity index (χ1v) is 7.42. The fourth-order valence-corrected chi connectivity index (χ4v) is 3.19. The molecular formula is C17H19ClN2. The Morgan fingerprint density at radius 3 is 2.75 bits per heavy atom. The number of aromatic nitrogens is 1. The van der Waals surface area contributed by atoms with Crippen molar-refractivity contribution < 1.29 is 0 Å². The average Bonchev–Trinajstić information content (AvgIpc) is 2.43. The summed E-state index contributed by atoms with van der Waals surface area (Å²) in [5.41, 5.74) is 3.06. The van der Waals surface area contributed by atoms with Gasteiger partial charge in [0.2, 0.25) is 0 Å². The standard InChI is InChI=1S/C17H19ClN2/c1-17(2)11-10-14(12-6-3-4-7-13(12)17)19-16-9-5-8-15(18)20-16/h3-9,14H,10-11H2,1-2H3,(H,19,20). The minimum atomic E-state index is 0.247. The van der Waals surface area contributed by atoms with Gasteiger partial charge in [0.05, 0.1) is 6.04 Å². The minimum absolute atomic E-state index is 0.247. The second kappa shape index (κ2) is 5.10. The first kappa shape index (κ1) is 13.4. The zero-order valence-electron chi connectivity index (χ0n) is 11.9. The van der Waals surface area contributed by atoms with Crippen molar-refractivity contribution in [1.29, 1.82) is 0 Å². The molecule has 0 bridgehead atoms. The van der Waals surface area contributed by atoms with Crippen LogP contribution in [0.5, 0.6) is 0 Å². The van der Waals surface area contributed by atoms with E-state index < -0.39 is 0 Å². The lowest BCUT2D eigenvalue weighted by atomic mass is 9.71. The second-order valence-corrected chi connectivity index (χ2v) is 6.44. The van der Waals surface area contributed by atoms with Crippen LogP contribution in [-0.2, 0) is 5.41 Å². The van der Waals surface area contributed by atoms with Gasteiger partial charge in [-0.15, -0.1) is 0 Å². The van der Waals surface area contributed by atoms with E-state index >= 15 is 0 Å². The van der Waals surface area contributed by atoms with Crippen LogP contribution < -0.4 is 5.32 Å². The molecular weight excluding hydrogens is 268 g/mol. The lowest BCUT2D eigenvalue weighted by Gasteiger charge is -2.37. The highest BCUT2D eigenvalue weighted by molar-refractivity contribution is 6.29. The third kappa shape index (κ3) is 2.53. The Bertz CT molecular complexity index is 622. The highest BCUT2D eigenvalue weighted by Crippen LogP contribution is 2.42. The number of benzene rings is 1. The van der Waals surface area contributed by atoms with Gasteiger partial charge in [-0.05, 0) is 41.5 Å². The van der Waals surface area contributed by atoms with Crippen LogP contribution in [0.1, 0.15) is 43.9 Å². The average molecular weight is 287 g/mol. The Morgan fingerprint density at radius 1 is 1.15 bits per heavy atom. The summed E-state index contributed by atoms with van der Waals surface area (Å²) in [4.78, 5) is 4.33. The maximum Gasteiger partial charge on any atom is 0.131 e. The normalized spacial score (nSPS) is 20.2. The van der Waals surface area contributed by atoms with E-state index in [1.807, 2.05) is 12.1 Å². The summed E-state index contributed by atoms with van der Waals surface area (Å²) in [5, 5.41) is 4.05. The number of hydrogen-bond acceptors (Lipinski definition) is 2. The van der Waals surface area contributed by atoms with Gasteiger partial charge >= 0.3 is 0 Å². The van der Waals surface area contributed by atoms with Crippen molar-refractivity contribution in [1.82, 2.24) is 4.98 Å². The number of fused-ring (bicyclic) bond motifs is 1. The summed E-state index contributed by atoms with van der Waals surface area (Å²) >= 11 is 5.96. The van der Waals surface area contributed by atoms with Gasteiger partial charge in [0.1, 0.15) is 11.0 Å². The Labute approximate surface area is 125 Å². The van der Waals surface area contributed by atoms with E-state index in [0.717, 1.165) is 12.2 Å². The highest BCUT2D eigenvalue weighted by atomic mass is 35.5. The zero-order valence-corrected chi connectivity index (χ0v) is 12.6. The van der Waals surface area contributed by atoms with Crippen molar-refractivity contribution in [2.24, 2.45) is 0 Å². The van der Waals surface area contributed by atoms with Crippen molar-refractivity contribution in [2.45, 2.75) is 38.1 Å². The molecule has 1 heterocycles. The van der Waals surface area contributed by atoms with Crippen molar-refractivity contribution in [2.75, 3.05) is 5.32 Å². The maximum atomic E-state index is 5.96. The number of halogens is 1. The van der Waals surface area contributed by atoms with Gasteiger partial charge in [-0.3, -0.25) is 0 Å². The molecule has 0 radical (unpaired) electrons. The molecule has 0 spiro atoms. The number of nitrogens with zero attached hydrogens (tertiary/aromatic N) is 1. The summed E-state index contributed by atoms with van der Waals surface area (Å²) in [6.45, 7) is 4.64. The number of pyridine rings is 1. The third-order valence-electron chi connectivity index (χ3n) is 4.16. The molecule has 0 amide bonds. The Hall–Kier alpha value is -1.54. The second-order valence-electron chi connectivity index (χ2n) is 6.05. The number of rotatable bonds is 2. The van der Waals surface area contributed by atoms with Gasteiger partial charge in [0.15, 0.2) is 0 Å². The summed E-state index contributed by atoms with van der Waals surface area (Å²) in [5.74, 6) is 0.844. The minimum Gasteiger partial charge on any atom is -0.363 e. The molecule has 0 saturated heterocycles. The van der Waals surface area contributed by atoms with Gasteiger partial charge in [0.25, 0.3) is 0 Å². The fraction of sp³-hybridized carbons (Fsp3) is 0.353. The molecule has 2 aromatic rings. The molecule has 1 aromatic carbocycles. The predicted octanol–water partition coefficient (Wildman–Crippen LogP) is 4.96. The van der Waals surface area contributed by atoms with E-state index in [2.05, 4.69) is 48.4 Å². The molecule has 1 aliphatic rings. The van der Waals surface area contributed by atoms with E-state index in [9.17, 15) is 0 Å². The topological polar surface area (TPSA) is 24.9 Å². The molecule has 1 aliphatic carbocycles. The van der Waals surface area contributed by atoms with Gasteiger partial charge < -0.3 is 5.32 Å². The maximum absolute atomic E-state index is 5.96. The fourth-order valence-electron chi connectivity index (χ4n) is 3.03. The van der Waals surface area contributed by atoms with E-state index in [-0.39, 0.29) is 5.41 Å². The number of nitrogens with one attached hydrogen (secondary N) is 1. The number of hydrogen-bond donors (Lipinski definition) is 1. The summed E-state index contributed by atoms with van der Waals surface area (Å²) in [6, 6.07) is 14.7. The molecule has 20 heavy (non-hydrogen) atoms. The molecule has 0 fully saturated rings. The lowest BCUT2D eigenvalue weighted by molar-refractivity contribution is 0.406. The van der Waals surface area contributed by atoms with Gasteiger partial charge in [-0.1, -0.05) is 55.8 Å². The van der Waals surface area contributed by atoms with Crippen molar-refractivity contribution in [3.05, 3.63) is 58.7 Å². The van der Waals surface area contributed by atoms with Crippen molar-refractivity contribution in [3.8, 4) is 0 Å². The van der Waals surface area contributed by atoms with Crippen LogP contribution >= 0.6 is 11.6 Å². The van der Waals surface area contributed by atoms with Crippen LogP contribution in [-0.4, -0.2) is 4.98 Å². The van der Waals surface area contributed by atoms with Crippen molar-refractivity contribution >= 4 is 17.4 Å². The molecule has 104 valence electrons. The molecule has 1 atom stereocenters. The third-order valence-corrected chi connectivity index (χ3v) is 4.37.